The van der Waals surface area contributed by atoms with Crippen molar-refractivity contribution in [2.24, 2.45) is 5.41 Å². The molecule has 88 valence electrons. The zero-order valence-corrected chi connectivity index (χ0v) is 9.66. The molecule has 1 aliphatic carbocycles. The lowest BCUT2D eigenvalue weighted by Gasteiger charge is -2.22. The second-order valence-corrected chi connectivity index (χ2v) is 4.65. The fraction of sp³-hybridized carbons (Fsp3) is 0.909. The highest BCUT2D eigenvalue weighted by molar-refractivity contribution is 5.68. The standard InChI is InChI=1S/C11H21NO3/c1-12(6-3-7-15-2)9-11(4-5-11)8-10(13)14/h3-9H2,1-2H3,(H,13,14). The predicted molar refractivity (Wildman–Crippen MR) is 57.9 cm³/mol. The maximum absolute atomic E-state index is 10.7. The zero-order valence-electron chi connectivity index (χ0n) is 9.66. The maximum Gasteiger partial charge on any atom is 0.303 e. The number of carboxylic acids is 1. The van der Waals surface area contributed by atoms with Crippen molar-refractivity contribution >= 4 is 5.97 Å². The van der Waals surface area contributed by atoms with Gasteiger partial charge in [-0.05, 0) is 31.7 Å². The number of carboxylic acid groups (broad SMARTS) is 1. The van der Waals surface area contributed by atoms with Gasteiger partial charge in [0.15, 0.2) is 0 Å². The molecule has 1 fully saturated rings. The van der Waals surface area contributed by atoms with E-state index < -0.39 is 5.97 Å². The molecule has 0 bridgehead atoms. The summed E-state index contributed by atoms with van der Waals surface area (Å²) in [5, 5.41) is 8.78. The van der Waals surface area contributed by atoms with E-state index in [1.54, 1.807) is 7.11 Å². The van der Waals surface area contributed by atoms with Gasteiger partial charge in [0.1, 0.15) is 0 Å². The van der Waals surface area contributed by atoms with Gasteiger partial charge in [-0.2, -0.15) is 0 Å². The Morgan fingerprint density at radius 3 is 2.67 bits per heavy atom. The van der Waals surface area contributed by atoms with Crippen LogP contribution in [-0.2, 0) is 9.53 Å². The van der Waals surface area contributed by atoms with Gasteiger partial charge in [0.05, 0.1) is 6.42 Å². The van der Waals surface area contributed by atoms with Gasteiger partial charge in [-0.3, -0.25) is 4.79 Å². The smallest absolute Gasteiger partial charge is 0.303 e. The molecule has 1 saturated carbocycles. The minimum absolute atomic E-state index is 0.0770. The molecule has 0 aromatic rings. The van der Waals surface area contributed by atoms with Crippen molar-refractivity contribution in [1.82, 2.24) is 4.90 Å². The molecule has 0 amide bonds. The predicted octanol–water partition coefficient (Wildman–Crippen LogP) is 1.21. The zero-order chi connectivity index (χ0) is 11.3. The Morgan fingerprint density at radius 2 is 2.20 bits per heavy atom. The van der Waals surface area contributed by atoms with Gasteiger partial charge in [0, 0.05) is 26.8 Å². The van der Waals surface area contributed by atoms with Crippen molar-refractivity contribution < 1.29 is 14.6 Å². The Morgan fingerprint density at radius 1 is 1.53 bits per heavy atom. The quantitative estimate of drug-likeness (QED) is 0.618. The molecule has 0 aromatic heterocycles. The summed E-state index contributed by atoms with van der Waals surface area (Å²) in [6.45, 7) is 2.66. The minimum Gasteiger partial charge on any atom is -0.481 e. The van der Waals surface area contributed by atoms with Crippen molar-refractivity contribution in [2.75, 3.05) is 33.9 Å². The van der Waals surface area contributed by atoms with Gasteiger partial charge in [-0.15, -0.1) is 0 Å². The number of methoxy groups -OCH3 is 1. The Labute approximate surface area is 91.2 Å². The van der Waals surface area contributed by atoms with Crippen molar-refractivity contribution in [3.63, 3.8) is 0 Å². The van der Waals surface area contributed by atoms with Gasteiger partial charge < -0.3 is 14.7 Å². The van der Waals surface area contributed by atoms with Crippen LogP contribution in [0.2, 0.25) is 0 Å². The molecular weight excluding hydrogens is 194 g/mol. The average Bonchev–Trinajstić information content (AvgIpc) is 2.83. The van der Waals surface area contributed by atoms with Gasteiger partial charge in [0.2, 0.25) is 0 Å². The van der Waals surface area contributed by atoms with Crippen molar-refractivity contribution in [3.8, 4) is 0 Å². The highest BCUT2D eigenvalue weighted by atomic mass is 16.5. The molecule has 0 heterocycles. The number of nitrogens with zero attached hydrogens (tertiary/aromatic N) is 1. The Balaban J connectivity index is 2.19. The molecule has 4 heteroatoms. The summed E-state index contributed by atoms with van der Waals surface area (Å²) >= 11 is 0. The van der Waals surface area contributed by atoms with E-state index in [0.717, 1.165) is 39.0 Å². The average molecular weight is 215 g/mol. The second-order valence-electron chi connectivity index (χ2n) is 4.65. The maximum atomic E-state index is 10.7. The Hall–Kier alpha value is -0.610. The topological polar surface area (TPSA) is 49.8 Å². The van der Waals surface area contributed by atoms with Crippen LogP contribution < -0.4 is 0 Å². The van der Waals surface area contributed by atoms with Crippen LogP contribution in [0.15, 0.2) is 0 Å². The monoisotopic (exact) mass is 215 g/mol. The van der Waals surface area contributed by atoms with E-state index in [9.17, 15) is 4.79 Å². The number of carbonyl (C=O) groups is 1. The highest BCUT2D eigenvalue weighted by Gasteiger charge is 2.44. The summed E-state index contributed by atoms with van der Waals surface area (Å²) in [6, 6.07) is 0. The molecule has 1 rings (SSSR count). The third kappa shape index (κ3) is 4.62. The fourth-order valence-corrected chi connectivity index (χ4v) is 2.02. The lowest BCUT2D eigenvalue weighted by atomic mass is 10.0. The van der Waals surface area contributed by atoms with Crippen molar-refractivity contribution in [2.45, 2.75) is 25.7 Å². The lowest BCUT2D eigenvalue weighted by Crippen LogP contribution is -2.29. The third-order valence-corrected chi connectivity index (χ3v) is 2.98. The molecule has 0 atom stereocenters. The number of rotatable bonds is 8. The third-order valence-electron chi connectivity index (χ3n) is 2.98. The largest absolute Gasteiger partial charge is 0.481 e. The first-order valence-corrected chi connectivity index (χ1v) is 5.47. The molecule has 0 radical (unpaired) electrons. The summed E-state index contributed by atoms with van der Waals surface area (Å²) in [5.74, 6) is -0.669. The minimum atomic E-state index is -0.669. The van der Waals surface area contributed by atoms with Crippen LogP contribution in [0.4, 0.5) is 0 Å². The number of aliphatic carboxylic acids is 1. The molecule has 4 nitrogen and oxygen atoms in total. The molecule has 0 unspecified atom stereocenters. The SMILES string of the molecule is COCCCN(C)CC1(CC(=O)O)CC1. The summed E-state index contributed by atoms with van der Waals surface area (Å²) in [5.41, 5.74) is 0.0770. The van der Waals surface area contributed by atoms with Gasteiger partial charge in [-0.1, -0.05) is 0 Å². The first-order valence-electron chi connectivity index (χ1n) is 5.47. The summed E-state index contributed by atoms with van der Waals surface area (Å²) in [6.07, 6.45) is 3.46. The van der Waals surface area contributed by atoms with E-state index in [1.807, 2.05) is 0 Å². The number of ether oxygens (including phenoxy) is 1. The summed E-state index contributed by atoms with van der Waals surface area (Å²) < 4.78 is 4.98. The van der Waals surface area contributed by atoms with Crippen LogP contribution in [0.25, 0.3) is 0 Å². The van der Waals surface area contributed by atoms with Crippen molar-refractivity contribution in [3.05, 3.63) is 0 Å². The van der Waals surface area contributed by atoms with E-state index in [-0.39, 0.29) is 5.41 Å². The van der Waals surface area contributed by atoms with Crippen LogP contribution in [0.1, 0.15) is 25.7 Å². The van der Waals surface area contributed by atoms with Crippen LogP contribution in [-0.4, -0.2) is 49.8 Å². The highest BCUT2D eigenvalue weighted by Crippen LogP contribution is 2.49. The first kappa shape index (κ1) is 12.5. The molecular formula is C11H21NO3. The molecule has 0 aromatic carbocycles. The van der Waals surface area contributed by atoms with E-state index in [0.29, 0.717) is 6.42 Å². The summed E-state index contributed by atoms with van der Waals surface area (Å²) in [7, 11) is 3.75. The molecule has 1 N–H and O–H groups in total. The Bertz CT molecular complexity index is 214. The van der Waals surface area contributed by atoms with E-state index >= 15 is 0 Å². The number of hydrogen-bond donors (Lipinski definition) is 1. The van der Waals surface area contributed by atoms with Crippen molar-refractivity contribution in [1.29, 1.82) is 0 Å². The number of hydrogen-bond acceptors (Lipinski definition) is 3. The second kappa shape index (κ2) is 5.47. The van der Waals surface area contributed by atoms with E-state index in [1.165, 1.54) is 0 Å². The van der Waals surface area contributed by atoms with Crippen LogP contribution in [0.5, 0.6) is 0 Å². The van der Waals surface area contributed by atoms with E-state index in [4.69, 9.17) is 9.84 Å². The molecule has 1 aliphatic rings. The molecule has 0 spiro atoms. The normalized spacial score (nSPS) is 18.1. The van der Waals surface area contributed by atoms with Crippen LogP contribution in [0, 0.1) is 5.41 Å². The fourth-order valence-electron chi connectivity index (χ4n) is 2.02. The van der Waals surface area contributed by atoms with E-state index in [2.05, 4.69) is 11.9 Å². The van der Waals surface area contributed by atoms with Gasteiger partial charge >= 0.3 is 5.97 Å². The lowest BCUT2D eigenvalue weighted by molar-refractivity contribution is -0.138. The molecule has 0 saturated heterocycles. The van der Waals surface area contributed by atoms with Crippen LogP contribution >= 0.6 is 0 Å². The molecule has 0 aliphatic heterocycles. The first-order chi connectivity index (χ1) is 7.08. The van der Waals surface area contributed by atoms with Gasteiger partial charge in [-0.25, -0.2) is 0 Å². The Kier molecular flexibility index (Phi) is 4.54. The summed E-state index contributed by atoms with van der Waals surface area (Å²) in [4.78, 5) is 12.9. The van der Waals surface area contributed by atoms with Gasteiger partial charge in [0.25, 0.3) is 0 Å². The molecule has 15 heavy (non-hydrogen) atoms. The van der Waals surface area contributed by atoms with Crippen LogP contribution in [0.3, 0.4) is 0 Å².